The van der Waals surface area contributed by atoms with Crippen LogP contribution in [0, 0.1) is 11.8 Å². The molecule has 0 saturated carbocycles. The number of benzene rings is 1. The molecule has 1 heterocycles. The molecule has 27 heavy (non-hydrogen) atoms. The number of hydrogen-bond donors (Lipinski definition) is 2. The first kappa shape index (κ1) is 21.2. The zero-order valence-electron chi connectivity index (χ0n) is 16.2. The van der Waals surface area contributed by atoms with Crippen LogP contribution in [0.4, 0.5) is 5.69 Å². The van der Waals surface area contributed by atoms with Gasteiger partial charge in [0.1, 0.15) is 0 Å². The molecule has 0 aliphatic carbocycles. The summed E-state index contributed by atoms with van der Waals surface area (Å²) in [6.07, 6.45) is 3.31. The molecule has 0 radical (unpaired) electrons. The number of sulfonamides is 1. The summed E-state index contributed by atoms with van der Waals surface area (Å²) in [7, 11) is -3.39. The highest BCUT2D eigenvalue weighted by Crippen LogP contribution is 2.21. The third-order valence-corrected chi connectivity index (χ3v) is 5.19. The summed E-state index contributed by atoms with van der Waals surface area (Å²) < 4.78 is 25.1. The van der Waals surface area contributed by atoms with Crippen molar-refractivity contribution < 1.29 is 18.0 Å². The van der Waals surface area contributed by atoms with Crippen LogP contribution in [-0.4, -0.2) is 51.0 Å². The second-order valence-corrected chi connectivity index (χ2v) is 9.24. The Morgan fingerprint density at radius 1 is 1.22 bits per heavy atom. The number of nitrogens with zero attached hydrogens (tertiary/aromatic N) is 1. The Bertz CT molecular complexity index is 769. The minimum Gasteiger partial charge on any atom is -0.356 e. The zero-order chi connectivity index (χ0) is 20.0. The molecule has 0 atom stereocenters. The van der Waals surface area contributed by atoms with Crippen LogP contribution in [0.3, 0.4) is 0 Å². The number of nitrogens with one attached hydrogen (secondary N) is 2. The minimum absolute atomic E-state index is 0.0561. The van der Waals surface area contributed by atoms with Crippen LogP contribution in [0.15, 0.2) is 24.3 Å². The Morgan fingerprint density at radius 3 is 2.48 bits per heavy atom. The van der Waals surface area contributed by atoms with Gasteiger partial charge in [-0.25, -0.2) is 8.42 Å². The lowest BCUT2D eigenvalue weighted by atomic mass is 9.95. The first-order valence-electron chi connectivity index (χ1n) is 9.30. The Labute approximate surface area is 161 Å². The maximum atomic E-state index is 12.7. The molecule has 1 aliphatic rings. The summed E-state index contributed by atoms with van der Waals surface area (Å²) in [6.45, 7) is 5.97. The van der Waals surface area contributed by atoms with Gasteiger partial charge >= 0.3 is 0 Å². The monoisotopic (exact) mass is 395 g/mol. The van der Waals surface area contributed by atoms with Crippen LogP contribution in [0.2, 0.25) is 0 Å². The van der Waals surface area contributed by atoms with Crippen molar-refractivity contribution in [2.24, 2.45) is 11.8 Å². The van der Waals surface area contributed by atoms with Crippen molar-refractivity contribution in [3.05, 3.63) is 29.8 Å². The molecule has 150 valence electrons. The molecule has 2 N–H and O–H groups in total. The summed E-state index contributed by atoms with van der Waals surface area (Å²) in [6, 6.07) is 6.45. The van der Waals surface area contributed by atoms with Gasteiger partial charge in [-0.3, -0.25) is 14.3 Å². The van der Waals surface area contributed by atoms with Gasteiger partial charge in [0.25, 0.3) is 5.91 Å². The Kier molecular flexibility index (Phi) is 7.24. The van der Waals surface area contributed by atoms with Gasteiger partial charge in [0, 0.05) is 36.8 Å². The van der Waals surface area contributed by atoms with E-state index in [1.165, 1.54) is 6.07 Å². The smallest absolute Gasteiger partial charge is 0.253 e. The SMILES string of the molecule is CC(C)CCNC(=O)C1CCN(C(=O)c2cccc(NS(C)(=O)=O)c2)CC1. The molecule has 1 aliphatic heterocycles. The molecular weight excluding hydrogens is 366 g/mol. The molecule has 2 rings (SSSR count). The lowest BCUT2D eigenvalue weighted by Crippen LogP contribution is -2.43. The van der Waals surface area contributed by atoms with E-state index in [2.05, 4.69) is 23.9 Å². The standard InChI is InChI=1S/C19H29N3O4S/c1-14(2)7-10-20-18(23)15-8-11-22(12-9-15)19(24)16-5-4-6-17(13-16)21-27(3,25)26/h4-6,13-15,21H,7-12H2,1-3H3,(H,20,23). The maximum absolute atomic E-state index is 12.7. The van der Waals surface area contributed by atoms with E-state index in [9.17, 15) is 18.0 Å². The average Bonchev–Trinajstić information content (AvgIpc) is 2.59. The molecular formula is C19H29N3O4S. The summed E-state index contributed by atoms with van der Waals surface area (Å²) in [5.74, 6) is 0.421. The highest BCUT2D eigenvalue weighted by Gasteiger charge is 2.27. The fourth-order valence-corrected chi connectivity index (χ4v) is 3.64. The van der Waals surface area contributed by atoms with E-state index in [0.717, 1.165) is 12.7 Å². The van der Waals surface area contributed by atoms with Crippen molar-refractivity contribution >= 4 is 27.5 Å². The lowest BCUT2D eigenvalue weighted by Gasteiger charge is -2.31. The van der Waals surface area contributed by atoms with Crippen molar-refractivity contribution in [1.82, 2.24) is 10.2 Å². The quantitative estimate of drug-likeness (QED) is 0.739. The number of carbonyl (C=O) groups is 2. The summed E-state index contributed by atoms with van der Waals surface area (Å²) in [5.41, 5.74) is 0.797. The van der Waals surface area contributed by atoms with Crippen molar-refractivity contribution in [2.75, 3.05) is 30.6 Å². The molecule has 0 unspecified atom stereocenters. The molecule has 8 heteroatoms. The van der Waals surface area contributed by atoms with Crippen molar-refractivity contribution in [3.63, 3.8) is 0 Å². The fraction of sp³-hybridized carbons (Fsp3) is 0.579. The van der Waals surface area contributed by atoms with E-state index in [4.69, 9.17) is 0 Å². The van der Waals surface area contributed by atoms with E-state index in [1.54, 1.807) is 23.1 Å². The minimum atomic E-state index is -3.39. The van der Waals surface area contributed by atoms with Crippen LogP contribution >= 0.6 is 0 Å². The van der Waals surface area contributed by atoms with Gasteiger partial charge in [0.2, 0.25) is 15.9 Å². The van der Waals surface area contributed by atoms with Crippen LogP contribution in [0.5, 0.6) is 0 Å². The first-order valence-corrected chi connectivity index (χ1v) is 11.2. The second-order valence-electron chi connectivity index (χ2n) is 7.50. The van der Waals surface area contributed by atoms with E-state index >= 15 is 0 Å². The number of rotatable bonds is 7. The number of hydrogen-bond acceptors (Lipinski definition) is 4. The molecule has 1 saturated heterocycles. The van der Waals surface area contributed by atoms with Crippen molar-refractivity contribution in [3.8, 4) is 0 Å². The molecule has 1 aromatic rings. The topological polar surface area (TPSA) is 95.6 Å². The normalized spacial score (nSPS) is 15.6. The first-order chi connectivity index (χ1) is 12.7. The van der Waals surface area contributed by atoms with Gasteiger partial charge in [-0.2, -0.15) is 0 Å². The molecule has 0 aromatic heterocycles. The molecule has 7 nitrogen and oxygen atoms in total. The number of anilines is 1. The lowest BCUT2D eigenvalue weighted by molar-refractivity contribution is -0.126. The molecule has 2 amide bonds. The van der Waals surface area contributed by atoms with Gasteiger partial charge in [0.15, 0.2) is 0 Å². The Hall–Kier alpha value is -2.09. The van der Waals surface area contributed by atoms with Crippen LogP contribution in [-0.2, 0) is 14.8 Å². The Morgan fingerprint density at radius 2 is 1.89 bits per heavy atom. The van der Waals surface area contributed by atoms with Crippen molar-refractivity contribution in [1.29, 1.82) is 0 Å². The third-order valence-electron chi connectivity index (χ3n) is 4.59. The third kappa shape index (κ3) is 6.86. The number of piperidine rings is 1. The summed E-state index contributed by atoms with van der Waals surface area (Å²) in [4.78, 5) is 26.6. The van der Waals surface area contributed by atoms with Gasteiger partial charge in [0.05, 0.1) is 6.26 Å². The van der Waals surface area contributed by atoms with Gasteiger partial charge < -0.3 is 10.2 Å². The average molecular weight is 396 g/mol. The van der Waals surface area contributed by atoms with Crippen LogP contribution in [0.1, 0.15) is 43.5 Å². The van der Waals surface area contributed by atoms with Crippen LogP contribution < -0.4 is 10.0 Å². The van der Waals surface area contributed by atoms with E-state index in [1.807, 2.05) is 0 Å². The number of likely N-dealkylation sites (tertiary alicyclic amines) is 1. The highest BCUT2D eigenvalue weighted by atomic mass is 32.2. The largest absolute Gasteiger partial charge is 0.356 e. The van der Waals surface area contributed by atoms with Crippen LogP contribution in [0.25, 0.3) is 0 Å². The predicted octanol–water partition coefficient (Wildman–Crippen LogP) is 2.07. The summed E-state index contributed by atoms with van der Waals surface area (Å²) in [5, 5.41) is 2.98. The zero-order valence-corrected chi connectivity index (χ0v) is 17.0. The Balaban J connectivity index is 1.89. The molecule has 1 fully saturated rings. The second kappa shape index (κ2) is 9.21. The molecule has 1 aromatic carbocycles. The number of amides is 2. The van der Waals surface area contributed by atoms with Gasteiger partial charge in [-0.05, 0) is 43.4 Å². The van der Waals surface area contributed by atoms with E-state index in [0.29, 0.717) is 49.6 Å². The predicted molar refractivity (Wildman–Crippen MR) is 106 cm³/mol. The molecule has 0 spiro atoms. The number of carbonyl (C=O) groups excluding carboxylic acids is 2. The van der Waals surface area contributed by atoms with Crippen molar-refractivity contribution in [2.45, 2.75) is 33.1 Å². The van der Waals surface area contributed by atoms with Gasteiger partial charge in [-0.15, -0.1) is 0 Å². The summed E-state index contributed by atoms with van der Waals surface area (Å²) >= 11 is 0. The molecule has 0 bridgehead atoms. The fourth-order valence-electron chi connectivity index (χ4n) is 3.09. The van der Waals surface area contributed by atoms with Gasteiger partial charge in [-0.1, -0.05) is 19.9 Å². The van der Waals surface area contributed by atoms with E-state index < -0.39 is 10.0 Å². The van der Waals surface area contributed by atoms with E-state index in [-0.39, 0.29) is 17.7 Å². The highest BCUT2D eigenvalue weighted by molar-refractivity contribution is 7.92. The maximum Gasteiger partial charge on any atom is 0.253 e.